The van der Waals surface area contributed by atoms with Gasteiger partial charge in [-0.2, -0.15) is 0 Å². The van der Waals surface area contributed by atoms with E-state index in [-0.39, 0.29) is 0 Å². The van der Waals surface area contributed by atoms with Gasteiger partial charge < -0.3 is 14.5 Å². The van der Waals surface area contributed by atoms with Gasteiger partial charge in [0, 0.05) is 43.4 Å². The predicted octanol–water partition coefficient (Wildman–Crippen LogP) is 1.85. The number of nitrogens with zero attached hydrogens (tertiary/aromatic N) is 2. The van der Waals surface area contributed by atoms with Gasteiger partial charge in [0.15, 0.2) is 6.29 Å². The van der Waals surface area contributed by atoms with Crippen molar-refractivity contribution in [2.45, 2.75) is 6.54 Å². The number of amides is 1. The van der Waals surface area contributed by atoms with Gasteiger partial charge in [-0.1, -0.05) is 18.2 Å². The van der Waals surface area contributed by atoms with Crippen molar-refractivity contribution in [2.24, 2.45) is 14.1 Å². The van der Waals surface area contributed by atoms with Gasteiger partial charge in [0.25, 0.3) is 5.91 Å². The molecule has 0 aliphatic carbocycles. The molecule has 0 saturated carbocycles. The van der Waals surface area contributed by atoms with Crippen LogP contribution in [0.3, 0.4) is 0 Å². The Morgan fingerprint density at radius 3 is 2.56 bits per heavy atom. The van der Waals surface area contributed by atoms with E-state index in [0.717, 1.165) is 28.6 Å². The van der Waals surface area contributed by atoms with Crippen LogP contribution in [-0.2, 0) is 20.6 Å². The zero-order valence-electron chi connectivity index (χ0n) is 14.5. The summed E-state index contributed by atoms with van der Waals surface area (Å²) >= 11 is 0. The molecule has 2 aromatic heterocycles. The van der Waals surface area contributed by atoms with E-state index in [1.165, 1.54) is 0 Å². The van der Waals surface area contributed by atoms with E-state index in [0.29, 0.717) is 12.1 Å². The second-order valence-electron chi connectivity index (χ2n) is 5.61. The number of fused-ring (bicyclic) bond motifs is 1. The Kier molecular flexibility index (Phi) is 6.10. The van der Waals surface area contributed by atoms with E-state index in [9.17, 15) is 9.59 Å². The van der Waals surface area contributed by atoms with E-state index in [1.807, 2.05) is 60.6 Å². The quantitative estimate of drug-likeness (QED) is 0.384. The third-order valence-electron chi connectivity index (χ3n) is 3.94. The maximum atomic E-state index is 11.0. The maximum absolute atomic E-state index is 11.0. The number of hydrogen-bond acceptors (Lipinski definition) is 4. The molecule has 3 aromatic rings. The Balaban J connectivity index is 0.000000181. The molecule has 0 unspecified atom stereocenters. The van der Waals surface area contributed by atoms with Crippen LogP contribution in [0.15, 0.2) is 42.6 Å². The molecule has 0 fully saturated rings. The second-order valence-corrected chi connectivity index (χ2v) is 5.61. The molecule has 7 heteroatoms. The first kappa shape index (κ1) is 18.4. The molecule has 0 spiro atoms. The highest BCUT2D eigenvalue weighted by Crippen LogP contribution is 2.16. The number of aromatic nitrogens is 2. The molecule has 0 saturated heterocycles. The van der Waals surface area contributed by atoms with Gasteiger partial charge in [-0.15, -0.1) is 0 Å². The molecular weight excluding hydrogens is 320 g/mol. The SMILES string of the molecule is CNCc1cc(C(=O)NO)cn1C.Cn1c(C=O)cc2ccccc21. The van der Waals surface area contributed by atoms with Crippen LogP contribution in [0.2, 0.25) is 0 Å². The average Bonchev–Trinajstić information content (AvgIpc) is 3.16. The van der Waals surface area contributed by atoms with Crippen molar-refractivity contribution in [3.8, 4) is 0 Å². The fraction of sp³-hybridized carbons (Fsp3) is 0.222. The number of para-hydroxylation sites is 1. The molecule has 1 aromatic carbocycles. The Morgan fingerprint density at radius 2 is 1.96 bits per heavy atom. The van der Waals surface area contributed by atoms with Crippen molar-refractivity contribution in [2.75, 3.05) is 7.05 Å². The fourth-order valence-electron chi connectivity index (χ4n) is 2.58. The van der Waals surface area contributed by atoms with Crippen LogP contribution in [0.5, 0.6) is 0 Å². The molecule has 25 heavy (non-hydrogen) atoms. The Bertz CT molecular complexity index is 880. The largest absolute Gasteiger partial charge is 0.352 e. The summed E-state index contributed by atoms with van der Waals surface area (Å²) in [7, 11) is 5.58. The van der Waals surface area contributed by atoms with E-state index in [1.54, 1.807) is 17.7 Å². The molecule has 132 valence electrons. The van der Waals surface area contributed by atoms with Gasteiger partial charge in [-0.3, -0.25) is 14.8 Å². The summed E-state index contributed by atoms with van der Waals surface area (Å²) in [6, 6.07) is 11.6. The molecule has 0 aliphatic heterocycles. The minimum atomic E-state index is -0.488. The summed E-state index contributed by atoms with van der Waals surface area (Å²) in [6.07, 6.45) is 2.54. The van der Waals surface area contributed by atoms with Gasteiger partial charge in [0.05, 0.1) is 11.3 Å². The molecule has 7 nitrogen and oxygen atoms in total. The lowest BCUT2D eigenvalue weighted by Gasteiger charge is -1.99. The normalized spacial score (nSPS) is 10.2. The van der Waals surface area contributed by atoms with Crippen LogP contribution in [-0.4, -0.2) is 33.6 Å². The third-order valence-corrected chi connectivity index (χ3v) is 3.94. The molecule has 3 N–H and O–H groups in total. The summed E-state index contributed by atoms with van der Waals surface area (Å²) < 4.78 is 3.73. The smallest absolute Gasteiger partial charge is 0.276 e. The van der Waals surface area contributed by atoms with Gasteiger partial charge in [-0.25, -0.2) is 5.48 Å². The lowest BCUT2D eigenvalue weighted by Crippen LogP contribution is -2.17. The van der Waals surface area contributed by atoms with Crippen LogP contribution in [0.1, 0.15) is 26.5 Å². The molecule has 0 aliphatic rings. The van der Waals surface area contributed by atoms with Gasteiger partial charge in [0.1, 0.15) is 0 Å². The first-order valence-corrected chi connectivity index (χ1v) is 7.75. The number of aryl methyl sites for hydroxylation is 2. The third kappa shape index (κ3) is 4.14. The Labute approximate surface area is 145 Å². The van der Waals surface area contributed by atoms with Crippen molar-refractivity contribution in [1.82, 2.24) is 19.9 Å². The lowest BCUT2D eigenvalue weighted by molar-refractivity contribution is 0.0706. The van der Waals surface area contributed by atoms with E-state index < -0.39 is 5.91 Å². The molecule has 0 radical (unpaired) electrons. The zero-order chi connectivity index (χ0) is 18.4. The minimum absolute atomic E-state index is 0.454. The standard InChI is InChI=1S/C10H9NO.C8H13N3O2/c1-11-9(7-12)6-8-4-2-3-5-10(8)11;1-9-4-7-3-6(5-11(7)2)8(12)10-13/h2-7H,1H3;3,5,9,13H,4H2,1-2H3,(H,10,12). The molecule has 0 bridgehead atoms. The fourth-order valence-corrected chi connectivity index (χ4v) is 2.58. The van der Waals surface area contributed by atoms with E-state index in [2.05, 4.69) is 5.32 Å². The van der Waals surface area contributed by atoms with Gasteiger partial charge in [-0.05, 0) is 25.2 Å². The molecular formula is C18H22N4O3. The molecule has 2 heterocycles. The Morgan fingerprint density at radius 1 is 1.24 bits per heavy atom. The van der Waals surface area contributed by atoms with Crippen LogP contribution in [0.25, 0.3) is 10.9 Å². The Hall–Kier alpha value is -2.90. The predicted molar refractivity (Wildman–Crippen MR) is 95.7 cm³/mol. The van der Waals surface area contributed by atoms with Gasteiger partial charge in [0.2, 0.25) is 0 Å². The number of benzene rings is 1. The average molecular weight is 342 g/mol. The topological polar surface area (TPSA) is 88.3 Å². The highest BCUT2D eigenvalue weighted by molar-refractivity contribution is 5.93. The summed E-state index contributed by atoms with van der Waals surface area (Å²) in [4.78, 5) is 21.6. The van der Waals surface area contributed by atoms with Gasteiger partial charge >= 0.3 is 0 Å². The summed E-state index contributed by atoms with van der Waals surface area (Å²) in [5.74, 6) is -0.488. The molecule has 3 rings (SSSR count). The van der Waals surface area contributed by atoms with Crippen LogP contribution < -0.4 is 10.8 Å². The number of rotatable bonds is 4. The van der Waals surface area contributed by atoms with Crippen molar-refractivity contribution in [3.05, 3.63) is 59.5 Å². The van der Waals surface area contributed by atoms with Crippen molar-refractivity contribution in [3.63, 3.8) is 0 Å². The number of nitrogens with one attached hydrogen (secondary N) is 2. The number of hydrogen-bond donors (Lipinski definition) is 3. The van der Waals surface area contributed by atoms with Crippen LogP contribution in [0, 0.1) is 0 Å². The maximum Gasteiger partial charge on any atom is 0.276 e. The minimum Gasteiger partial charge on any atom is -0.352 e. The monoisotopic (exact) mass is 342 g/mol. The summed E-state index contributed by atoms with van der Waals surface area (Å²) in [5.41, 5.74) is 4.85. The summed E-state index contributed by atoms with van der Waals surface area (Å²) in [5, 5.41) is 12.5. The van der Waals surface area contributed by atoms with E-state index in [4.69, 9.17) is 5.21 Å². The lowest BCUT2D eigenvalue weighted by atomic mass is 10.2. The molecule has 0 atom stereocenters. The van der Waals surface area contributed by atoms with Crippen molar-refractivity contribution >= 4 is 23.1 Å². The van der Waals surface area contributed by atoms with Crippen LogP contribution in [0.4, 0.5) is 0 Å². The number of carbonyl (C=O) groups is 2. The van der Waals surface area contributed by atoms with Crippen molar-refractivity contribution < 1.29 is 14.8 Å². The summed E-state index contributed by atoms with van der Waals surface area (Å²) in [6.45, 7) is 0.690. The second kappa shape index (κ2) is 8.27. The number of hydroxylamine groups is 1. The van der Waals surface area contributed by atoms with Crippen LogP contribution >= 0.6 is 0 Å². The van der Waals surface area contributed by atoms with E-state index >= 15 is 0 Å². The highest BCUT2D eigenvalue weighted by atomic mass is 16.5. The zero-order valence-corrected chi connectivity index (χ0v) is 14.5. The number of carbonyl (C=O) groups excluding carboxylic acids is 2. The molecule has 1 amide bonds. The number of aldehydes is 1. The van der Waals surface area contributed by atoms with Crippen molar-refractivity contribution in [1.29, 1.82) is 0 Å². The highest BCUT2D eigenvalue weighted by Gasteiger charge is 2.08. The first-order valence-electron chi connectivity index (χ1n) is 7.75. The first-order chi connectivity index (χ1) is 12.0.